The Balaban J connectivity index is 1.92. The molecule has 7 atom stereocenters. The lowest BCUT2D eigenvalue weighted by atomic mass is 9.78. The zero-order valence-electron chi connectivity index (χ0n) is 15.9. The van der Waals surface area contributed by atoms with E-state index in [9.17, 15) is 14.7 Å². The van der Waals surface area contributed by atoms with Crippen LogP contribution in [0, 0.1) is 11.8 Å². The van der Waals surface area contributed by atoms with Gasteiger partial charge in [-0.25, -0.2) is 9.59 Å². The molecule has 0 amide bonds. The van der Waals surface area contributed by atoms with Crippen LogP contribution >= 0.6 is 0 Å². The van der Waals surface area contributed by atoms with Crippen LogP contribution in [0.3, 0.4) is 0 Å². The Bertz CT molecular complexity index is 653. The quantitative estimate of drug-likeness (QED) is 0.460. The van der Waals surface area contributed by atoms with Crippen LogP contribution in [0.2, 0.25) is 0 Å². The van der Waals surface area contributed by atoms with E-state index >= 15 is 0 Å². The molecule has 1 saturated carbocycles. The maximum Gasteiger partial charge on any atom is 0.334 e. The lowest BCUT2D eigenvalue weighted by molar-refractivity contribution is -0.149. The van der Waals surface area contributed by atoms with Crippen LogP contribution in [-0.2, 0) is 23.8 Å². The van der Waals surface area contributed by atoms with Gasteiger partial charge in [0.25, 0.3) is 0 Å². The Morgan fingerprint density at radius 2 is 2.12 bits per heavy atom. The number of carbonyl (C=O) groups excluding carboxylic acids is 2. The Morgan fingerprint density at radius 1 is 1.42 bits per heavy atom. The molecular weight excluding hydrogens is 336 g/mol. The Hall–Kier alpha value is -1.66. The van der Waals surface area contributed by atoms with Gasteiger partial charge in [-0.2, -0.15) is 0 Å². The number of hydrogen-bond donors (Lipinski definition) is 1. The molecule has 3 rings (SSSR count). The van der Waals surface area contributed by atoms with Gasteiger partial charge in [0.1, 0.15) is 12.2 Å². The van der Waals surface area contributed by atoms with Gasteiger partial charge in [-0.3, -0.25) is 0 Å². The van der Waals surface area contributed by atoms with E-state index in [0.717, 1.165) is 0 Å². The summed E-state index contributed by atoms with van der Waals surface area (Å²) in [5.74, 6) is -1.36. The van der Waals surface area contributed by atoms with Crippen molar-refractivity contribution in [3.05, 3.63) is 23.8 Å². The molecule has 1 N–H and O–H groups in total. The van der Waals surface area contributed by atoms with E-state index in [-0.39, 0.29) is 12.0 Å². The van der Waals surface area contributed by atoms with Crippen molar-refractivity contribution in [2.24, 2.45) is 11.8 Å². The van der Waals surface area contributed by atoms with E-state index in [1.165, 1.54) is 0 Å². The average molecular weight is 364 g/mol. The van der Waals surface area contributed by atoms with Gasteiger partial charge >= 0.3 is 11.9 Å². The van der Waals surface area contributed by atoms with Crippen molar-refractivity contribution in [3.63, 3.8) is 0 Å². The number of esters is 2. The normalized spacial score (nSPS) is 43.2. The molecule has 0 bridgehead atoms. The van der Waals surface area contributed by atoms with Crippen molar-refractivity contribution in [2.45, 2.75) is 77.0 Å². The second-order valence-corrected chi connectivity index (χ2v) is 8.05. The fourth-order valence-corrected chi connectivity index (χ4v) is 4.04. The third kappa shape index (κ3) is 3.45. The summed E-state index contributed by atoms with van der Waals surface area (Å²) in [4.78, 5) is 24.5. The Kier molecular flexibility index (Phi) is 5.01. The number of rotatable bonds is 2. The van der Waals surface area contributed by atoms with Gasteiger partial charge in [0.15, 0.2) is 0 Å². The predicted octanol–water partition coefficient (Wildman–Crippen LogP) is 2.30. The summed E-state index contributed by atoms with van der Waals surface area (Å²) in [7, 11) is 0. The van der Waals surface area contributed by atoms with Crippen LogP contribution in [0.1, 0.15) is 47.0 Å². The molecule has 0 aromatic rings. The van der Waals surface area contributed by atoms with Crippen molar-refractivity contribution in [1.82, 2.24) is 0 Å². The van der Waals surface area contributed by atoms with Crippen LogP contribution in [-0.4, -0.2) is 47.1 Å². The number of fused-ring (bicyclic) bond motifs is 2. The van der Waals surface area contributed by atoms with Gasteiger partial charge in [-0.1, -0.05) is 19.6 Å². The summed E-state index contributed by atoms with van der Waals surface area (Å²) in [6, 6.07) is 0. The topological polar surface area (TPSA) is 85.4 Å². The fourth-order valence-electron chi connectivity index (χ4n) is 4.04. The minimum atomic E-state index is -0.557. The van der Waals surface area contributed by atoms with Crippen LogP contribution < -0.4 is 0 Å². The van der Waals surface area contributed by atoms with E-state index in [4.69, 9.17) is 14.2 Å². The highest BCUT2D eigenvalue weighted by Crippen LogP contribution is 2.48. The molecule has 26 heavy (non-hydrogen) atoms. The summed E-state index contributed by atoms with van der Waals surface area (Å²) >= 11 is 0. The van der Waals surface area contributed by atoms with Crippen molar-refractivity contribution >= 4 is 11.9 Å². The molecule has 0 aromatic carbocycles. The number of aliphatic hydroxyl groups excluding tert-OH is 1. The van der Waals surface area contributed by atoms with Crippen LogP contribution in [0.15, 0.2) is 23.8 Å². The van der Waals surface area contributed by atoms with Crippen molar-refractivity contribution < 1.29 is 28.9 Å². The number of epoxide rings is 1. The van der Waals surface area contributed by atoms with Crippen molar-refractivity contribution in [1.29, 1.82) is 0 Å². The van der Waals surface area contributed by atoms with E-state index in [1.807, 2.05) is 13.8 Å². The van der Waals surface area contributed by atoms with Gasteiger partial charge in [-0.15, -0.1) is 0 Å². The van der Waals surface area contributed by atoms with Crippen molar-refractivity contribution in [3.8, 4) is 0 Å². The number of carbonyl (C=O) groups is 2. The first kappa shape index (κ1) is 19.1. The van der Waals surface area contributed by atoms with E-state index in [1.54, 1.807) is 19.9 Å². The minimum Gasteiger partial charge on any atom is -0.458 e. The lowest BCUT2D eigenvalue weighted by Crippen LogP contribution is -2.40. The molecule has 6 nitrogen and oxygen atoms in total. The Labute approximate surface area is 154 Å². The summed E-state index contributed by atoms with van der Waals surface area (Å²) in [5.41, 5.74) is 0.356. The molecule has 144 valence electrons. The van der Waals surface area contributed by atoms with Crippen molar-refractivity contribution in [2.75, 3.05) is 0 Å². The van der Waals surface area contributed by atoms with Gasteiger partial charge in [0, 0.05) is 24.0 Å². The molecule has 2 aliphatic heterocycles. The SMILES string of the molecule is C=C1C(=O)O[C@@H]2C[C@@H](C)[C@H](O)C[C@H]3O[C@@]3(C)C[C@@H](OC(=O)/C(C)=C\C)[C@@H]12. The average Bonchev–Trinajstić information content (AvgIpc) is 3.11. The first-order valence-corrected chi connectivity index (χ1v) is 9.26. The second kappa shape index (κ2) is 6.82. The molecule has 3 fully saturated rings. The summed E-state index contributed by atoms with van der Waals surface area (Å²) < 4.78 is 17.1. The fraction of sp³-hybridized carbons (Fsp3) is 0.700. The van der Waals surface area contributed by atoms with Crippen LogP contribution in [0.5, 0.6) is 0 Å². The number of allylic oxidation sites excluding steroid dienone is 1. The molecular formula is C20H28O6. The smallest absolute Gasteiger partial charge is 0.334 e. The second-order valence-electron chi connectivity index (χ2n) is 8.05. The molecule has 2 saturated heterocycles. The van der Waals surface area contributed by atoms with E-state index < -0.39 is 41.8 Å². The third-order valence-corrected chi connectivity index (χ3v) is 6.10. The highest BCUT2D eigenvalue weighted by Gasteiger charge is 2.58. The number of ether oxygens (including phenoxy) is 3. The number of hydrogen-bond acceptors (Lipinski definition) is 6. The molecule has 0 spiro atoms. The maximum absolute atomic E-state index is 12.4. The summed E-state index contributed by atoms with van der Waals surface area (Å²) in [5, 5.41) is 10.4. The molecule has 2 heterocycles. The Morgan fingerprint density at radius 3 is 2.77 bits per heavy atom. The van der Waals surface area contributed by atoms with Crippen LogP contribution in [0.25, 0.3) is 0 Å². The first-order chi connectivity index (χ1) is 12.2. The lowest BCUT2D eigenvalue weighted by Gasteiger charge is -2.31. The number of aliphatic hydroxyl groups is 1. The van der Waals surface area contributed by atoms with E-state index in [2.05, 4.69) is 6.58 Å². The monoisotopic (exact) mass is 364 g/mol. The largest absolute Gasteiger partial charge is 0.458 e. The molecule has 0 radical (unpaired) electrons. The van der Waals surface area contributed by atoms with Gasteiger partial charge in [0.05, 0.1) is 23.7 Å². The molecule has 3 aliphatic rings. The minimum absolute atomic E-state index is 0.0682. The molecule has 0 aromatic heterocycles. The highest BCUT2D eigenvalue weighted by atomic mass is 16.6. The third-order valence-electron chi connectivity index (χ3n) is 6.10. The first-order valence-electron chi connectivity index (χ1n) is 9.26. The van der Waals surface area contributed by atoms with Gasteiger partial charge in [0.2, 0.25) is 0 Å². The van der Waals surface area contributed by atoms with Gasteiger partial charge in [-0.05, 0) is 33.1 Å². The predicted molar refractivity (Wildman–Crippen MR) is 94.1 cm³/mol. The molecule has 1 aliphatic carbocycles. The van der Waals surface area contributed by atoms with Gasteiger partial charge < -0.3 is 19.3 Å². The summed E-state index contributed by atoms with van der Waals surface area (Å²) in [6.45, 7) is 11.2. The van der Waals surface area contributed by atoms with E-state index in [0.29, 0.717) is 30.4 Å². The standard InChI is InChI=1S/C20H28O6/c1-6-10(2)18(22)25-15-9-20(5)16(26-20)8-13(21)11(3)7-14-17(15)12(4)19(23)24-14/h6,11,13-17,21H,4,7-9H2,1-3,5H3/b10-6-/t11-,13-,14-,15-,16-,17+,20+/m1/s1. The maximum atomic E-state index is 12.4. The zero-order chi connectivity index (χ0) is 19.2. The van der Waals surface area contributed by atoms with Crippen LogP contribution in [0.4, 0.5) is 0 Å². The zero-order valence-corrected chi connectivity index (χ0v) is 15.9. The summed E-state index contributed by atoms with van der Waals surface area (Å²) in [6.07, 6.45) is 1.54. The molecule has 0 unspecified atom stereocenters. The molecule has 6 heteroatoms. The highest BCUT2D eigenvalue weighted by molar-refractivity contribution is 5.91.